The molecule has 2 aromatic heterocycles. The first kappa shape index (κ1) is 19.4. The lowest BCUT2D eigenvalue weighted by Gasteiger charge is -2.32. The molecule has 1 aliphatic rings. The van der Waals surface area contributed by atoms with Gasteiger partial charge >= 0.3 is 5.69 Å². The molecule has 0 bridgehead atoms. The summed E-state index contributed by atoms with van der Waals surface area (Å²) in [7, 11) is 0. The molecule has 1 fully saturated rings. The number of carbonyl (C=O) groups excluding carboxylic acids is 1. The largest absolute Gasteiger partial charge is 0.338 e. The molecule has 29 heavy (non-hydrogen) atoms. The molecule has 1 aromatic carbocycles. The van der Waals surface area contributed by atoms with Crippen molar-refractivity contribution in [3.63, 3.8) is 0 Å². The second-order valence-corrected chi connectivity index (χ2v) is 8.44. The Kier molecular flexibility index (Phi) is 5.76. The minimum absolute atomic E-state index is 0.0302. The molecular weight excluding hydrogens is 386 g/mol. The van der Waals surface area contributed by atoms with Gasteiger partial charge in [0.25, 0.3) is 11.5 Å². The van der Waals surface area contributed by atoms with Gasteiger partial charge in [0.2, 0.25) is 0 Å². The molecule has 1 saturated heterocycles. The van der Waals surface area contributed by atoms with Crippen LogP contribution in [0.5, 0.6) is 0 Å². The Labute approximate surface area is 172 Å². The fraction of sp³-hybridized carbons (Fsp3) is 0.318. The van der Waals surface area contributed by atoms with Crippen molar-refractivity contribution >= 4 is 17.2 Å². The number of amides is 1. The first-order chi connectivity index (χ1) is 14.1. The topological polar surface area (TPSA) is 75.2 Å². The summed E-state index contributed by atoms with van der Waals surface area (Å²) >= 11 is 1.47. The number of benzene rings is 1. The third-order valence-electron chi connectivity index (χ3n) is 5.45. The Morgan fingerprint density at radius 2 is 1.83 bits per heavy atom. The van der Waals surface area contributed by atoms with Crippen LogP contribution in [0.2, 0.25) is 0 Å². The van der Waals surface area contributed by atoms with Crippen LogP contribution in [0.15, 0.2) is 63.6 Å². The lowest BCUT2D eigenvalue weighted by molar-refractivity contribution is 0.0687. The van der Waals surface area contributed by atoms with E-state index in [0.29, 0.717) is 19.0 Å². The number of likely N-dealkylation sites (tertiary alicyclic amines) is 1. The van der Waals surface area contributed by atoms with Crippen molar-refractivity contribution in [2.45, 2.75) is 25.8 Å². The van der Waals surface area contributed by atoms with Gasteiger partial charge in [0.05, 0.1) is 6.54 Å². The number of piperidine rings is 1. The lowest BCUT2D eigenvalue weighted by atomic mass is 9.90. The zero-order chi connectivity index (χ0) is 20.2. The Bertz CT molecular complexity index is 1080. The molecule has 3 heterocycles. The van der Waals surface area contributed by atoms with Crippen molar-refractivity contribution in [3.05, 3.63) is 90.9 Å². The van der Waals surface area contributed by atoms with Crippen LogP contribution in [0.3, 0.4) is 0 Å². The summed E-state index contributed by atoms with van der Waals surface area (Å²) in [6, 6.07) is 14.1. The Morgan fingerprint density at radius 1 is 1.07 bits per heavy atom. The average molecular weight is 410 g/mol. The van der Waals surface area contributed by atoms with E-state index in [9.17, 15) is 14.4 Å². The zero-order valence-electron chi connectivity index (χ0n) is 16.0. The van der Waals surface area contributed by atoms with Crippen molar-refractivity contribution in [2.75, 3.05) is 13.1 Å². The van der Waals surface area contributed by atoms with Crippen LogP contribution in [-0.4, -0.2) is 33.4 Å². The number of aromatic nitrogens is 2. The maximum absolute atomic E-state index is 12.9. The normalized spacial score (nSPS) is 14.8. The number of nitrogens with zero attached hydrogens (tertiary/aromatic N) is 2. The lowest BCUT2D eigenvalue weighted by Crippen LogP contribution is -2.44. The van der Waals surface area contributed by atoms with Crippen molar-refractivity contribution in [2.24, 2.45) is 5.92 Å². The SMILES string of the molecule is O=C(c1c[nH]c(=O)n(Cc2cccs2)c1=O)N1CCC(Cc2ccccc2)CC1. The van der Waals surface area contributed by atoms with E-state index in [-0.39, 0.29) is 18.0 Å². The number of aromatic amines is 1. The number of hydrogen-bond acceptors (Lipinski definition) is 4. The van der Waals surface area contributed by atoms with Crippen LogP contribution in [0.25, 0.3) is 0 Å². The summed E-state index contributed by atoms with van der Waals surface area (Å²) in [6.07, 6.45) is 4.09. The van der Waals surface area contributed by atoms with Crippen LogP contribution >= 0.6 is 11.3 Å². The van der Waals surface area contributed by atoms with Gasteiger partial charge in [-0.3, -0.25) is 14.2 Å². The molecule has 1 amide bonds. The summed E-state index contributed by atoms with van der Waals surface area (Å²) in [5.74, 6) is 0.233. The van der Waals surface area contributed by atoms with Crippen LogP contribution in [-0.2, 0) is 13.0 Å². The quantitative estimate of drug-likeness (QED) is 0.704. The molecular formula is C22H23N3O3S. The fourth-order valence-electron chi connectivity index (χ4n) is 3.82. The molecule has 3 aromatic rings. The molecule has 0 unspecified atom stereocenters. The number of H-pyrrole nitrogens is 1. The molecule has 0 saturated carbocycles. The average Bonchev–Trinajstić information content (AvgIpc) is 3.25. The van der Waals surface area contributed by atoms with Crippen LogP contribution in [0.4, 0.5) is 0 Å². The molecule has 150 valence electrons. The van der Waals surface area contributed by atoms with Crippen LogP contribution < -0.4 is 11.2 Å². The molecule has 7 heteroatoms. The van der Waals surface area contributed by atoms with E-state index < -0.39 is 11.2 Å². The van der Waals surface area contributed by atoms with Gasteiger partial charge in [0.15, 0.2) is 0 Å². The van der Waals surface area contributed by atoms with Crippen molar-refractivity contribution in [1.82, 2.24) is 14.5 Å². The first-order valence-corrected chi connectivity index (χ1v) is 10.7. The fourth-order valence-corrected chi connectivity index (χ4v) is 4.52. The highest BCUT2D eigenvalue weighted by Gasteiger charge is 2.26. The first-order valence-electron chi connectivity index (χ1n) is 9.80. The molecule has 4 rings (SSSR count). The molecule has 0 aliphatic carbocycles. The summed E-state index contributed by atoms with van der Waals surface area (Å²) in [5.41, 5.74) is 0.317. The predicted octanol–water partition coefficient (Wildman–Crippen LogP) is 2.74. The van der Waals surface area contributed by atoms with Gasteiger partial charge in [0, 0.05) is 24.2 Å². The van der Waals surface area contributed by atoms with Gasteiger partial charge in [-0.1, -0.05) is 36.4 Å². The minimum atomic E-state index is -0.529. The summed E-state index contributed by atoms with van der Waals surface area (Å²) < 4.78 is 1.10. The second kappa shape index (κ2) is 8.61. The monoisotopic (exact) mass is 409 g/mol. The van der Waals surface area contributed by atoms with E-state index in [4.69, 9.17) is 0 Å². The molecule has 0 spiro atoms. The Balaban J connectivity index is 1.45. The van der Waals surface area contributed by atoms with Gasteiger partial charge in [0.1, 0.15) is 5.56 Å². The summed E-state index contributed by atoms with van der Waals surface area (Å²) in [4.78, 5) is 43.0. The smallest absolute Gasteiger partial charge is 0.328 e. The predicted molar refractivity (Wildman–Crippen MR) is 114 cm³/mol. The standard InChI is InChI=1S/C22H23N3O3S/c26-20(24-10-8-17(9-11-24)13-16-5-2-1-3-6-16)19-14-23-22(28)25(21(19)27)15-18-7-4-12-29-18/h1-7,12,14,17H,8-11,13,15H2,(H,23,28). The summed E-state index contributed by atoms with van der Waals surface area (Å²) in [6.45, 7) is 1.42. The van der Waals surface area contributed by atoms with Gasteiger partial charge in [-0.25, -0.2) is 4.79 Å². The number of rotatable bonds is 5. The van der Waals surface area contributed by atoms with Crippen molar-refractivity contribution < 1.29 is 4.79 Å². The van der Waals surface area contributed by atoms with Crippen molar-refractivity contribution in [3.8, 4) is 0 Å². The van der Waals surface area contributed by atoms with Crippen LogP contribution in [0, 0.1) is 5.92 Å². The number of hydrogen-bond donors (Lipinski definition) is 1. The van der Waals surface area contributed by atoms with Gasteiger partial charge in [-0.2, -0.15) is 0 Å². The number of carbonyl (C=O) groups is 1. The minimum Gasteiger partial charge on any atom is -0.338 e. The molecule has 6 nitrogen and oxygen atoms in total. The number of nitrogens with one attached hydrogen (secondary N) is 1. The van der Waals surface area contributed by atoms with Crippen molar-refractivity contribution in [1.29, 1.82) is 0 Å². The highest BCUT2D eigenvalue weighted by molar-refractivity contribution is 7.09. The van der Waals surface area contributed by atoms with E-state index in [2.05, 4.69) is 17.1 Å². The van der Waals surface area contributed by atoms with E-state index >= 15 is 0 Å². The molecule has 0 atom stereocenters. The summed E-state index contributed by atoms with van der Waals surface area (Å²) in [5, 5.41) is 1.89. The van der Waals surface area contributed by atoms with Gasteiger partial charge < -0.3 is 9.88 Å². The number of thiophene rings is 1. The maximum Gasteiger partial charge on any atom is 0.328 e. The van der Waals surface area contributed by atoms with Gasteiger partial charge in [-0.15, -0.1) is 11.3 Å². The van der Waals surface area contributed by atoms with Crippen LogP contribution in [0.1, 0.15) is 33.6 Å². The molecule has 1 N–H and O–H groups in total. The highest BCUT2D eigenvalue weighted by Crippen LogP contribution is 2.22. The Hall–Kier alpha value is -2.93. The molecule has 0 radical (unpaired) electrons. The zero-order valence-corrected chi connectivity index (χ0v) is 16.9. The maximum atomic E-state index is 12.9. The highest BCUT2D eigenvalue weighted by atomic mass is 32.1. The van der Waals surface area contributed by atoms with E-state index in [1.54, 1.807) is 4.90 Å². The second-order valence-electron chi connectivity index (χ2n) is 7.40. The van der Waals surface area contributed by atoms with Gasteiger partial charge in [-0.05, 0) is 42.2 Å². The third-order valence-corrected chi connectivity index (χ3v) is 6.32. The van der Waals surface area contributed by atoms with E-state index in [0.717, 1.165) is 28.7 Å². The Morgan fingerprint density at radius 3 is 2.52 bits per heavy atom. The van der Waals surface area contributed by atoms with E-state index in [1.807, 2.05) is 35.7 Å². The molecule has 1 aliphatic heterocycles. The third kappa shape index (κ3) is 4.40. The van der Waals surface area contributed by atoms with E-state index in [1.165, 1.54) is 23.1 Å².